The van der Waals surface area contributed by atoms with Crippen LogP contribution >= 0.6 is 0 Å². The number of hydrogen-bond acceptors (Lipinski definition) is 5. The highest BCUT2D eigenvalue weighted by molar-refractivity contribution is 5.34. The molecule has 6 nitrogen and oxygen atoms in total. The van der Waals surface area contributed by atoms with Crippen LogP contribution in [0.3, 0.4) is 0 Å². The van der Waals surface area contributed by atoms with Gasteiger partial charge in [0.25, 0.3) is 0 Å². The molecule has 0 saturated carbocycles. The van der Waals surface area contributed by atoms with Gasteiger partial charge in [0.2, 0.25) is 0 Å². The van der Waals surface area contributed by atoms with Crippen molar-refractivity contribution in [3.8, 4) is 5.75 Å². The zero-order chi connectivity index (χ0) is 17.2. The number of benzene rings is 1. The van der Waals surface area contributed by atoms with Gasteiger partial charge in [0.05, 0.1) is 19.2 Å². The summed E-state index contributed by atoms with van der Waals surface area (Å²) < 4.78 is 7.44. The average molecular weight is 329 g/mol. The molecule has 0 N–H and O–H groups in total. The third-order valence-electron chi connectivity index (χ3n) is 4.66. The van der Waals surface area contributed by atoms with E-state index >= 15 is 0 Å². The number of ether oxygens (including phenoxy) is 1. The molecule has 0 radical (unpaired) electrons. The Labute approximate surface area is 143 Å². The summed E-state index contributed by atoms with van der Waals surface area (Å²) in [4.78, 5) is 2.50. The molecular weight excluding hydrogens is 302 g/mol. The Morgan fingerprint density at radius 1 is 1.25 bits per heavy atom. The molecule has 1 unspecified atom stereocenters. The first-order chi connectivity index (χ1) is 11.5. The molecule has 0 amide bonds. The fraction of sp³-hybridized carbons (Fsp3) is 0.611. The second kappa shape index (κ2) is 6.89. The Morgan fingerprint density at radius 3 is 2.79 bits per heavy atom. The Kier molecular flexibility index (Phi) is 4.85. The number of methoxy groups -OCH3 is 1. The number of likely N-dealkylation sites (tertiary alicyclic amines) is 1. The van der Waals surface area contributed by atoms with Crippen molar-refractivity contribution < 1.29 is 4.74 Å². The van der Waals surface area contributed by atoms with Gasteiger partial charge in [-0.2, -0.15) is 0 Å². The Morgan fingerprint density at radius 2 is 2.04 bits per heavy atom. The number of para-hydroxylation sites is 1. The van der Waals surface area contributed by atoms with Crippen molar-refractivity contribution in [2.24, 2.45) is 0 Å². The molecule has 0 spiro atoms. The van der Waals surface area contributed by atoms with Gasteiger partial charge in [-0.25, -0.2) is 4.68 Å². The van der Waals surface area contributed by atoms with Crippen LogP contribution in [0.15, 0.2) is 24.3 Å². The van der Waals surface area contributed by atoms with Gasteiger partial charge < -0.3 is 4.74 Å². The first-order valence-corrected chi connectivity index (χ1v) is 8.62. The lowest BCUT2D eigenvalue weighted by molar-refractivity contribution is 0.221. The van der Waals surface area contributed by atoms with Gasteiger partial charge in [0.1, 0.15) is 5.75 Å². The minimum atomic E-state index is -0.100. The van der Waals surface area contributed by atoms with Crippen LogP contribution in [0.1, 0.15) is 45.0 Å². The van der Waals surface area contributed by atoms with Gasteiger partial charge in [-0.05, 0) is 68.6 Å². The molecule has 24 heavy (non-hydrogen) atoms. The molecule has 2 heterocycles. The molecular formula is C18H27N5O. The molecule has 1 atom stereocenters. The zero-order valence-corrected chi connectivity index (χ0v) is 15.1. The van der Waals surface area contributed by atoms with Crippen LogP contribution in [0.4, 0.5) is 0 Å². The second-order valence-electron chi connectivity index (χ2n) is 7.46. The minimum Gasteiger partial charge on any atom is -0.496 e. The van der Waals surface area contributed by atoms with Crippen LogP contribution in [0, 0.1) is 0 Å². The maximum Gasteiger partial charge on any atom is 0.165 e. The van der Waals surface area contributed by atoms with Crippen LogP contribution in [0.25, 0.3) is 0 Å². The van der Waals surface area contributed by atoms with Crippen molar-refractivity contribution in [3.63, 3.8) is 0 Å². The van der Waals surface area contributed by atoms with Gasteiger partial charge in [-0.1, -0.05) is 18.2 Å². The number of tetrazole rings is 1. The molecule has 130 valence electrons. The SMILES string of the molecule is COc1ccccc1CC1CCCN1Cc1nnnn1C(C)(C)C. The van der Waals surface area contributed by atoms with Crippen molar-refractivity contribution in [3.05, 3.63) is 35.7 Å². The summed E-state index contributed by atoms with van der Waals surface area (Å²) in [6, 6.07) is 8.80. The third kappa shape index (κ3) is 3.59. The van der Waals surface area contributed by atoms with Gasteiger partial charge >= 0.3 is 0 Å². The highest BCUT2D eigenvalue weighted by Crippen LogP contribution is 2.27. The highest BCUT2D eigenvalue weighted by Gasteiger charge is 2.28. The van der Waals surface area contributed by atoms with Gasteiger partial charge in [0.15, 0.2) is 5.82 Å². The maximum atomic E-state index is 5.51. The lowest BCUT2D eigenvalue weighted by Crippen LogP contribution is -2.34. The lowest BCUT2D eigenvalue weighted by Gasteiger charge is -2.26. The number of nitrogens with zero attached hydrogens (tertiary/aromatic N) is 5. The topological polar surface area (TPSA) is 56.1 Å². The summed E-state index contributed by atoms with van der Waals surface area (Å²) in [7, 11) is 1.74. The highest BCUT2D eigenvalue weighted by atomic mass is 16.5. The minimum absolute atomic E-state index is 0.100. The molecule has 1 saturated heterocycles. The lowest BCUT2D eigenvalue weighted by atomic mass is 10.0. The van der Waals surface area contributed by atoms with Crippen LogP contribution in [-0.4, -0.2) is 44.8 Å². The van der Waals surface area contributed by atoms with E-state index in [1.807, 2.05) is 16.8 Å². The largest absolute Gasteiger partial charge is 0.496 e. The van der Waals surface area contributed by atoms with E-state index in [1.54, 1.807) is 7.11 Å². The Hall–Kier alpha value is -1.95. The van der Waals surface area contributed by atoms with Crippen molar-refractivity contribution >= 4 is 0 Å². The fourth-order valence-electron chi connectivity index (χ4n) is 3.47. The molecule has 1 aliphatic heterocycles. The summed E-state index contributed by atoms with van der Waals surface area (Å²) in [6.45, 7) is 8.27. The van der Waals surface area contributed by atoms with E-state index < -0.39 is 0 Å². The van der Waals surface area contributed by atoms with Gasteiger partial charge in [-0.15, -0.1) is 5.10 Å². The standard InChI is InChI=1S/C18H27N5O/c1-18(2,3)23-17(19-20-21-23)13-22-11-7-9-15(22)12-14-8-5-6-10-16(14)24-4/h5-6,8,10,15H,7,9,11-13H2,1-4H3. The summed E-state index contributed by atoms with van der Waals surface area (Å²) in [5, 5.41) is 12.3. The second-order valence-corrected chi connectivity index (χ2v) is 7.46. The van der Waals surface area contributed by atoms with Crippen LogP contribution < -0.4 is 4.74 Å². The third-order valence-corrected chi connectivity index (χ3v) is 4.66. The van der Waals surface area contributed by atoms with E-state index in [0.717, 1.165) is 31.1 Å². The van der Waals surface area contributed by atoms with E-state index in [9.17, 15) is 0 Å². The van der Waals surface area contributed by atoms with Gasteiger partial charge in [-0.3, -0.25) is 4.90 Å². The van der Waals surface area contributed by atoms with Crippen LogP contribution in [0.2, 0.25) is 0 Å². The summed E-state index contributed by atoms with van der Waals surface area (Å²) in [6.07, 6.45) is 3.42. The molecule has 3 rings (SSSR count). The van der Waals surface area contributed by atoms with Crippen molar-refractivity contribution in [2.75, 3.05) is 13.7 Å². The van der Waals surface area contributed by atoms with Crippen LogP contribution in [-0.2, 0) is 18.5 Å². The smallest absolute Gasteiger partial charge is 0.165 e. The van der Waals surface area contributed by atoms with E-state index in [0.29, 0.717) is 6.04 Å². The maximum absolute atomic E-state index is 5.51. The monoisotopic (exact) mass is 329 g/mol. The Balaban J connectivity index is 1.74. The fourth-order valence-corrected chi connectivity index (χ4v) is 3.47. The molecule has 1 aromatic carbocycles. The molecule has 2 aromatic rings. The zero-order valence-electron chi connectivity index (χ0n) is 15.1. The Bertz CT molecular complexity index is 676. The summed E-state index contributed by atoms with van der Waals surface area (Å²) >= 11 is 0. The van der Waals surface area contributed by atoms with Gasteiger partial charge in [0, 0.05) is 6.04 Å². The van der Waals surface area contributed by atoms with Crippen molar-refractivity contribution in [1.29, 1.82) is 0 Å². The molecule has 1 aliphatic rings. The molecule has 0 bridgehead atoms. The molecule has 1 aromatic heterocycles. The van der Waals surface area contributed by atoms with Crippen molar-refractivity contribution in [1.82, 2.24) is 25.1 Å². The average Bonchev–Trinajstić information content (AvgIpc) is 3.18. The number of hydrogen-bond donors (Lipinski definition) is 0. The molecule has 6 heteroatoms. The van der Waals surface area contributed by atoms with Crippen molar-refractivity contribution in [2.45, 2.75) is 58.2 Å². The van der Waals surface area contributed by atoms with E-state index in [1.165, 1.54) is 18.4 Å². The summed E-state index contributed by atoms with van der Waals surface area (Å²) in [5.74, 6) is 1.92. The van der Waals surface area contributed by atoms with E-state index in [4.69, 9.17) is 4.74 Å². The number of rotatable bonds is 5. The molecule has 1 fully saturated rings. The first-order valence-electron chi connectivity index (χ1n) is 8.62. The predicted molar refractivity (Wildman–Crippen MR) is 92.9 cm³/mol. The van der Waals surface area contributed by atoms with Crippen LogP contribution in [0.5, 0.6) is 5.75 Å². The number of aromatic nitrogens is 4. The van der Waals surface area contributed by atoms with E-state index in [2.05, 4.69) is 53.3 Å². The predicted octanol–water partition coefficient (Wildman–Crippen LogP) is 2.64. The van der Waals surface area contributed by atoms with E-state index in [-0.39, 0.29) is 5.54 Å². The summed E-state index contributed by atoms with van der Waals surface area (Å²) in [5.41, 5.74) is 1.17. The first kappa shape index (κ1) is 16.9. The quantitative estimate of drug-likeness (QED) is 0.844. The normalized spacial score (nSPS) is 18.9. The molecule has 0 aliphatic carbocycles.